The van der Waals surface area contributed by atoms with Crippen molar-refractivity contribution in [3.8, 4) is 0 Å². The van der Waals surface area contributed by atoms with E-state index in [4.69, 9.17) is 0 Å². The third-order valence-corrected chi connectivity index (χ3v) is 2.41. The molecule has 0 aliphatic carbocycles. The van der Waals surface area contributed by atoms with E-state index in [1.807, 2.05) is 13.8 Å². The van der Waals surface area contributed by atoms with Crippen molar-refractivity contribution >= 4 is 11.7 Å². The van der Waals surface area contributed by atoms with Gasteiger partial charge in [0.1, 0.15) is 11.6 Å². The number of H-pyrrole nitrogens is 2. The van der Waals surface area contributed by atoms with Gasteiger partial charge >= 0.3 is 0 Å². The van der Waals surface area contributed by atoms with Crippen molar-refractivity contribution < 1.29 is 4.79 Å². The van der Waals surface area contributed by atoms with E-state index in [-0.39, 0.29) is 11.7 Å². The summed E-state index contributed by atoms with van der Waals surface area (Å²) in [5.41, 5.74) is 0.949. The first-order valence-electron chi connectivity index (χ1n) is 5.49. The number of aromatic amines is 2. The second-order valence-corrected chi connectivity index (χ2v) is 3.54. The Bertz CT molecular complexity index is 514. The van der Waals surface area contributed by atoms with Crippen LogP contribution < -0.4 is 5.32 Å². The summed E-state index contributed by atoms with van der Waals surface area (Å²) in [5.74, 6) is 1.08. The molecule has 3 N–H and O–H groups in total. The fourth-order valence-electron chi connectivity index (χ4n) is 1.41. The molecule has 2 heterocycles. The molecule has 2 rings (SSSR count). The quantitative estimate of drug-likeness (QED) is 0.731. The van der Waals surface area contributed by atoms with Crippen LogP contribution in [0.3, 0.4) is 0 Å². The molecular formula is C10H14N6O. The molecule has 0 saturated carbocycles. The number of hydrogen-bond donors (Lipinski definition) is 3. The van der Waals surface area contributed by atoms with Gasteiger partial charge < -0.3 is 5.32 Å². The lowest BCUT2D eigenvalue weighted by atomic mass is 10.2. The fraction of sp³-hybridized carbons (Fsp3) is 0.400. The van der Waals surface area contributed by atoms with Gasteiger partial charge in [-0.05, 0) is 6.42 Å². The zero-order chi connectivity index (χ0) is 12.3. The summed E-state index contributed by atoms with van der Waals surface area (Å²) in [6, 6.07) is 0. The van der Waals surface area contributed by atoms with E-state index >= 15 is 0 Å². The SMILES string of the molecule is CCc1nc(C(=O)Nc2[nH]ncc2CC)n[nH]1. The summed E-state index contributed by atoms with van der Waals surface area (Å²) >= 11 is 0. The number of amides is 1. The summed E-state index contributed by atoms with van der Waals surface area (Å²) in [7, 11) is 0. The van der Waals surface area contributed by atoms with Gasteiger partial charge in [-0.15, -0.1) is 5.10 Å². The molecule has 0 saturated heterocycles. The monoisotopic (exact) mass is 234 g/mol. The lowest BCUT2D eigenvalue weighted by Gasteiger charge is -2.00. The van der Waals surface area contributed by atoms with Crippen LogP contribution in [-0.4, -0.2) is 31.3 Å². The van der Waals surface area contributed by atoms with Crippen molar-refractivity contribution in [3.63, 3.8) is 0 Å². The maximum absolute atomic E-state index is 11.8. The first-order valence-corrected chi connectivity index (χ1v) is 5.49. The first kappa shape index (κ1) is 11.3. The Balaban J connectivity index is 2.11. The molecule has 7 heteroatoms. The minimum Gasteiger partial charge on any atom is -0.304 e. The van der Waals surface area contributed by atoms with Crippen molar-refractivity contribution in [1.29, 1.82) is 0 Å². The number of carbonyl (C=O) groups excluding carboxylic acids is 1. The number of hydrogen-bond acceptors (Lipinski definition) is 4. The molecular weight excluding hydrogens is 220 g/mol. The van der Waals surface area contributed by atoms with Gasteiger partial charge in [-0.25, -0.2) is 4.98 Å². The zero-order valence-electron chi connectivity index (χ0n) is 9.74. The maximum Gasteiger partial charge on any atom is 0.296 e. The van der Waals surface area contributed by atoms with Crippen LogP contribution in [0, 0.1) is 0 Å². The molecule has 0 fully saturated rings. The van der Waals surface area contributed by atoms with Gasteiger partial charge in [0.15, 0.2) is 0 Å². The Hall–Kier alpha value is -2.18. The molecule has 0 atom stereocenters. The van der Waals surface area contributed by atoms with Gasteiger partial charge in [0.2, 0.25) is 5.82 Å². The van der Waals surface area contributed by atoms with Crippen LogP contribution in [-0.2, 0) is 12.8 Å². The van der Waals surface area contributed by atoms with Crippen LogP contribution in [0.1, 0.15) is 35.9 Å². The van der Waals surface area contributed by atoms with Gasteiger partial charge in [-0.2, -0.15) is 5.10 Å². The predicted octanol–water partition coefficient (Wildman–Crippen LogP) is 0.905. The van der Waals surface area contributed by atoms with Crippen LogP contribution in [0.2, 0.25) is 0 Å². The van der Waals surface area contributed by atoms with E-state index in [2.05, 4.69) is 30.7 Å². The molecule has 0 aliphatic rings. The smallest absolute Gasteiger partial charge is 0.296 e. The highest BCUT2D eigenvalue weighted by Gasteiger charge is 2.14. The van der Waals surface area contributed by atoms with Gasteiger partial charge in [0.25, 0.3) is 5.91 Å². The summed E-state index contributed by atoms with van der Waals surface area (Å²) in [4.78, 5) is 15.9. The van der Waals surface area contributed by atoms with E-state index in [0.29, 0.717) is 18.1 Å². The largest absolute Gasteiger partial charge is 0.304 e. The number of nitrogens with one attached hydrogen (secondary N) is 3. The van der Waals surface area contributed by atoms with Crippen LogP contribution in [0.4, 0.5) is 5.82 Å². The highest BCUT2D eigenvalue weighted by molar-refractivity contribution is 6.01. The van der Waals surface area contributed by atoms with E-state index in [9.17, 15) is 4.79 Å². The standard InChI is InChI=1S/C10H14N6O/c1-3-6-5-11-15-8(6)13-10(17)9-12-7(4-2)14-16-9/h5H,3-4H2,1-2H3,(H,12,14,16)(H2,11,13,15,17). The Labute approximate surface area is 98.0 Å². The average Bonchev–Trinajstić information content (AvgIpc) is 2.96. The summed E-state index contributed by atoms with van der Waals surface area (Å²) < 4.78 is 0. The van der Waals surface area contributed by atoms with Crippen molar-refractivity contribution in [2.24, 2.45) is 0 Å². The Morgan fingerprint density at radius 2 is 2.18 bits per heavy atom. The summed E-state index contributed by atoms with van der Waals surface area (Å²) in [6.45, 7) is 3.93. The van der Waals surface area contributed by atoms with Crippen molar-refractivity contribution in [2.45, 2.75) is 26.7 Å². The van der Waals surface area contributed by atoms with Gasteiger partial charge in [-0.3, -0.25) is 15.0 Å². The highest BCUT2D eigenvalue weighted by atomic mass is 16.2. The normalized spacial score (nSPS) is 10.5. The second-order valence-electron chi connectivity index (χ2n) is 3.54. The zero-order valence-corrected chi connectivity index (χ0v) is 9.74. The van der Waals surface area contributed by atoms with E-state index in [1.54, 1.807) is 6.20 Å². The number of rotatable bonds is 4. The lowest BCUT2D eigenvalue weighted by Crippen LogP contribution is -2.15. The number of carbonyl (C=O) groups is 1. The minimum atomic E-state index is -0.347. The number of aromatic nitrogens is 5. The molecule has 1 amide bonds. The van der Waals surface area contributed by atoms with Gasteiger partial charge in [0.05, 0.1) is 6.20 Å². The Kier molecular flexibility index (Phi) is 3.17. The number of nitrogens with zero attached hydrogens (tertiary/aromatic N) is 3. The second kappa shape index (κ2) is 4.77. The molecule has 0 spiro atoms. The van der Waals surface area contributed by atoms with Crippen LogP contribution in [0.25, 0.3) is 0 Å². The topological polar surface area (TPSA) is 99.3 Å². The molecule has 7 nitrogen and oxygen atoms in total. The van der Waals surface area contributed by atoms with E-state index < -0.39 is 0 Å². The summed E-state index contributed by atoms with van der Waals surface area (Å²) in [6.07, 6.45) is 3.19. The Morgan fingerprint density at radius 3 is 2.82 bits per heavy atom. The van der Waals surface area contributed by atoms with Gasteiger partial charge in [-0.1, -0.05) is 13.8 Å². The minimum absolute atomic E-state index is 0.138. The molecule has 0 unspecified atom stereocenters. The Morgan fingerprint density at radius 1 is 1.35 bits per heavy atom. The summed E-state index contributed by atoms with van der Waals surface area (Å²) in [5, 5.41) is 15.8. The third-order valence-electron chi connectivity index (χ3n) is 2.41. The first-order chi connectivity index (χ1) is 8.24. The lowest BCUT2D eigenvalue weighted by molar-refractivity contribution is 0.101. The molecule has 0 radical (unpaired) electrons. The predicted molar refractivity (Wildman–Crippen MR) is 61.7 cm³/mol. The third kappa shape index (κ3) is 2.32. The molecule has 2 aromatic rings. The maximum atomic E-state index is 11.8. The van der Waals surface area contributed by atoms with Crippen LogP contribution in [0.15, 0.2) is 6.20 Å². The van der Waals surface area contributed by atoms with Crippen molar-refractivity contribution in [3.05, 3.63) is 23.4 Å². The van der Waals surface area contributed by atoms with E-state index in [0.717, 1.165) is 12.0 Å². The molecule has 2 aromatic heterocycles. The molecule has 0 aliphatic heterocycles. The van der Waals surface area contributed by atoms with Crippen LogP contribution >= 0.6 is 0 Å². The van der Waals surface area contributed by atoms with Gasteiger partial charge in [0, 0.05) is 12.0 Å². The number of aryl methyl sites for hydroxylation is 2. The van der Waals surface area contributed by atoms with Crippen molar-refractivity contribution in [1.82, 2.24) is 25.4 Å². The average molecular weight is 234 g/mol. The molecule has 17 heavy (non-hydrogen) atoms. The molecule has 0 aromatic carbocycles. The molecule has 0 bridgehead atoms. The van der Waals surface area contributed by atoms with E-state index in [1.165, 1.54) is 0 Å². The van der Waals surface area contributed by atoms with Crippen molar-refractivity contribution in [2.75, 3.05) is 5.32 Å². The van der Waals surface area contributed by atoms with Crippen LogP contribution in [0.5, 0.6) is 0 Å². The number of anilines is 1. The molecule has 90 valence electrons. The fourth-order valence-corrected chi connectivity index (χ4v) is 1.41. The highest BCUT2D eigenvalue weighted by Crippen LogP contribution is 2.11.